The van der Waals surface area contributed by atoms with Crippen LogP contribution in [-0.4, -0.2) is 16.1 Å². The van der Waals surface area contributed by atoms with Gasteiger partial charge in [0.15, 0.2) is 5.16 Å². The van der Waals surface area contributed by atoms with Crippen molar-refractivity contribution in [3.8, 4) is 11.8 Å². The van der Waals surface area contributed by atoms with E-state index in [0.717, 1.165) is 5.16 Å². The van der Waals surface area contributed by atoms with Gasteiger partial charge in [-0.25, -0.2) is 9.37 Å². The average Bonchev–Trinajstić information content (AvgIpc) is 2.81. The lowest BCUT2D eigenvalue weighted by Crippen LogP contribution is -1.94. The van der Waals surface area contributed by atoms with Gasteiger partial charge in [0.1, 0.15) is 5.82 Å². The van der Waals surface area contributed by atoms with Crippen molar-refractivity contribution in [2.24, 2.45) is 12.8 Å². The number of nitrogens with two attached hydrogens (primary N) is 1. The van der Waals surface area contributed by atoms with Gasteiger partial charge in [0, 0.05) is 30.8 Å². The van der Waals surface area contributed by atoms with E-state index in [1.165, 1.54) is 17.8 Å². The molecule has 0 aliphatic heterocycles. The van der Waals surface area contributed by atoms with Gasteiger partial charge in [-0.3, -0.25) is 0 Å². The van der Waals surface area contributed by atoms with Crippen molar-refractivity contribution >= 4 is 11.8 Å². The van der Waals surface area contributed by atoms with E-state index in [-0.39, 0.29) is 12.4 Å². The minimum absolute atomic E-state index is 0.245. The molecule has 98 valence electrons. The zero-order valence-electron chi connectivity index (χ0n) is 10.6. The maximum absolute atomic E-state index is 13.9. The van der Waals surface area contributed by atoms with E-state index in [1.54, 1.807) is 18.3 Å². The monoisotopic (exact) mass is 275 g/mol. The molecule has 0 radical (unpaired) electrons. The molecule has 0 fully saturated rings. The van der Waals surface area contributed by atoms with Crippen molar-refractivity contribution in [2.75, 3.05) is 6.54 Å². The number of hydrogen-bond acceptors (Lipinski definition) is 3. The molecule has 0 bridgehead atoms. The number of thioether (sulfide) groups is 1. The Labute approximate surface area is 116 Å². The maximum atomic E-state index is 13.9. The zero-order valence-corrected chi connectivity index (χ0v) is 11.4. The summed E-state index contributed by atoms with van der Waals surface area (Å²) in [7, 11) is 1.91. The first kappa shape index (κ1) is 13.7. The fourth-order valence-electron chi connectivity index (χ4n) is 1.53. The maximum Gasteiger partial charge on any atom is 0.167 e. The van der Waals surface area contributed by atoms with Crippen molar-refractivity contribution in [1.82, 2.24) is 9.55 Å². The molecule has 1 aromatic carbocycles. The molecule has 2 aromatic rings. The van der Waals surface area contributed by atoms with Crippen LogP contribution in [0.3, 0.4) is 0 Å². The molecule has 0 amide bonds. The summed E-state index contributed by atoms with van der Waals surface area (Å²) >= 11 is 1.50. The lowest BCUT2D eigenvalue weighted by molar-refractivity contribution is 0.616. The minimum atomic E-state index is -0.245. The molecule has 5 heteroatoms. The zero-order chi connectivity index (χ0) is 13.7. The van der Waals surface area contributed by atoms with E-state index in [9.17, 15) is 4.39 Å². The minimum Gasteiger partial charge on any atom is -0.329 e. The number of aromatic nitrogens is 2. The highest BCUT2D eigenvalue weighted by molar-refractivity contribution is 7.98. The van der Waals surface area contributed by atoms with Crippen molar-refractivity contribution in [2.45, 2.75) is 10.9 Å². The molecule has 1 heterocycles. The number of hydrogen-bond donors (Lipinski definition) is 1. The Morgan fingerprint density at radius 3 is 2.95 bits per heavy atom. The summed E-state index contributed by atoms with van der Waals surface area (Å²) in [5.74, 6) is 5.82. The highest BCUT2D eigenvalue weighted by atomic mass is 32.2. The molecule has 2 N–H and O–H groups in total. The molecule has 0 aliphatic carbocycles. The third kappa shape index (κ3) is 3.60. The Balaban J connectivity index is 2.07. The predicted molar refractivity (Wildman–Crippen MR) is 75.1 cm³/mol. The Morgan fingerprint density at radius 1 is 1.47 bits per heavy atom. The molecule has 0 saturated heterocycles. The topological polar surface area (TPSA) is 43.8 Å². The molecule has 0 unspecified atom stereocenters. The number of aryl methyl sites for hydroxylation is 1. The van der Waals surface area contributed by atoms with E-state index in [1.807, 2.05) is 17.8 Å². The van der Waals surface area contributed by atoms with Crippen molar-refractivity contribution in [1.29, 1.82) is 0 Å². The summed E-state index contributed by atoms with van der Waals surface area (Å²) in [5, 5.41) is 0.867. The molecule has 0 saturated carbocycles. The van der Waals surface area contributed by atoms with Crippen LogP contribution in [0.15, 0.2) is 35.7 Å². The van der Waals surface area contributed by atoms with Gasteiger partial charge < -0.3 is 10.3 Å². The predicted octanol–water partition coefficient (Wildman–Crippen LogP) is 2.16. The third-order valence-electron chi connectivity index (χ3n) is 2.52. The highest BCUT2D eigenvalue weighted by Crippen LogP contribution is 2.22. The molecule has 1 aromatic heterocycles. The number of benzene rings is 1. The number of nitrogens with zero attached hydrogens (tertiary/aromatic N) is 2. The Morgan fingerprint density at radius 2 is 2.32 bits per heavy atom. The lowest BCUT2D eigenvalue weighted by Gasteiger charge is -2.04. The van der Waals surface area contributed by atoms with Crippen molar-refractivity contribution in [3.63, 3.8) is 0 Å². The van der Waals surface area contributed by atoms with Crippen LogP contribution in [0.1, 0.15) is 11.1 Å². The number of imidazole rings is 1. The van der Waals surface area contributed by atoms with E-state index < -0.39 is 0 Å². The van der Waals surface area contributed by atoms with E-state index in [0.29, 0.717) is 16.9 Å². The molecule has 0 atom stereocenters. The summed E-state index contributed by atoms with van der Waals surface area (Å²) in [6.45, 7) is 0.276. The first-order chi connectivity index (χ1) is 9.20. The van der Waals surface area contributed by atoms with Crippen LogP contribution in [0.4, 0.5) is 4.39 Å². The molecule has 0 spiro atoms. The average molecular weight is 275 g/mol. The molecule has 19 heavy (non-hydrogen) atoms. The quantitative estimate of drug-likeness (QED) is 0.689. The highest BCUT2D eigenvalue weighted by Gasteiger charge is 2.06. The van der Waals surface area contributed by atoms with Crippen LogP contribution in [0, 0.1) is 17.7 Å². The fourth-order valence-corrected chi connectivity index (χ4v) is 2.45. The van der Waals surface area contributed by atoms with Gasteiger partial charge in [-0.05, 0) is 17.7 Å². The summed E-state index contributed by atoms with van der Waals surface area (Å²) in [6.07, 6.45) is 3.59. The molecular formula is C14H14FN3S. The van der Waals surface area contributed by atoms with E-state index >= 15 is 0 Å². The number of rotatable bonds is 3. The summed E-state index contributed by atoms with van der Waals surface area (Å²) in [5.41, 5.74) is 6.57. The molecular weight excluding hydrogens is 261 g/mol. The first-order valence-electron chi connectivity index (χ1n) is 5.78. The van der Waals surface area contributed by atoms with Gasteiger partial charge in [0.2, 0.25) is 0 Å². The van der Waals surface area contributed by atoms with Gasteiger partial charge in [-0.1, -0.05) is 29.7 Å². The Hall–Kier alpha value is -1.77. The van der Waals surface area contributed by atoms with Crippen LogP contribution in [0.25, 0.3) is 0 Å². The van der Waals surface area contributed by atoms with Crippen LogP contribution < -0.4 is 5.73 Å². The second kappa shape index (κ2) is 6.41. The number of halogens is 1. The van der Waals surface area contributed by atoms with Crippen LogP contribution >= 0.6 is 11.8 Å². The summed E-state index contributed by atoms with van der Waals surface area (Å²) in [6, 6.07) is 5.00. The third-order valence-corrected chi connectivity index (χ3v) is 3.63. The standard InChI is InChI=1S/C14H14FN3S/c1-18-8-7-17-14(18)19-10-12-5-4-11(3-2-6-16)9-13(12)15/h4-5,7-9H,6,10,16H2,1H3. The molecule has 2 rings (SSSR count). The van der Waals surface area contributed by atoms with Gasteiger partial charge in [-0.2, -0.15) is 0 Å². The van der Waals surface area contributed by atoms with Crippen LogP contribution in [-0.2, 0) is 12.8 Å². The summed E-state index contributed by atoms with van der Waals surface area (Å²) < 4.78 is 15.8. The van der Waals surface area contributed by atoms with Gasteiger partial charge >= 0.3 is 0 Å². The second-order valence-electron chi connectivity index (χ2n) is 3.92. The largest absolute Gasteiger partial charge is 0.329 e. The smallest absolute Gasteiger partial charge is 0.167 e. The van der Waals surface area contributed by atoms with Crippen LogP contribution in [0.5, 0.6) is 0 Å². The van der Waals surface area contributed by atoms with Gasteiger partial charge in [0.25, 0.3) is 0 Å². The van der Waals surface area contributed by atoms with E-state index in [4.69, 9.17) is 5.73 Å². The SMILES string of the molecule is Cn1ccnc1SCc1ccc(C#CCN)cc1F. The summed E-state index contributed by atoms with van der Waals surface area (Å²) in [4.78, 5) is 4.19. The first-order valence-corrected chi connectivity index (χ1v) is 6.76. The Kier molecular flexibility index (Phi) is 4.61. The van der Waals surface area contributed by atoms with E-state index in [2.05, 4.69) is 16.8 Å². The molecule has 0 aliphatic rings. The second-order valence-corrected chi connectivity index (χ2v) is 4.86. The Bertz CT molecular complexity index is 625. The van der Waals surface area contributed by atoms with Gasteiger partial charge in [-0.15, -0.1) is 0 Å². The fraction of sp³-hybridized carbons (Fsp3) is 0.214. The van der Waals surface area contributed by atoms with Gasteiger partial charge in [0.05, 0.1) is 6.54 Å². The lowest BCUT2D eigenvalue weighted by atomic mass is 10.1. The van der Waals surface area contributed by atoms with Crippen LogP contribution in [0.2, 0.25) is 0 Å². The van der Waals surface area contributed by atoms with Crippen molar-refractivity contribution < 1.29 is 4.39 Å². The molecule has 3 nitrogen and oxygen atoms in total. The normalized spacial score (nSPS) is 10.1. The van der Waals surface area contributed by atoms with Crippen molar-refractivity contribution in [3.05, 3.63) is 47.5 Å².